The van der Waals surface area contributed by atoms with Gasteiger partial charge in [-0.15, -0.1) is 0 Å². The Balaban J connectivity index is 1.59. The van der Waals surface area contributed by atoms with E-state index in [1.165, 1.54) is 0 Å². The van der Waals surface area contributed by atoms with Gasteiger partial charge in [-0.1, -0.05) is 0 Å². The van der Waals surface area contributed by atoms with E-state index in [1.807, 2.05) is 18.2 Å². The van der Waals surface area contributed by atoms with Crippen molar-refractivity contribution >= 4 is 23.6 Å². The Bertz CT molecular complexity index is 993. The molecule has 1 atom stereocenters. The highest BCUT2D eigenvalue weighted by Crippen LogP contribution is 2.28. The zero-order valence-electron chi connectivity index (χ0n) is 19.2. The van der Waals surface area contributed by atoms with Gasteiger partial charge in [-0.3, -0.25) is 9.69 Å². The SMILES string of the molecule is CCOC(=O)C(C)Nc1nccc(N(CC2CCNCC2)C(=O)c2ccc3c(c2)CCO3)n1. The number of aromatic nitrogens is 2. The Morgan fingerprint density at radius 1 is 1.30 bits per heavy atom. The van der Waals surface area contributed by atoms with Gasteiger partial charge in [-0.2, -0.15) is 4.98 Å². The minimum Gasteiger partial charge on any atom is -0.493 e. The average molecular weight is 454 g/mol. The fraction of sp³-hybridized carbons (Fsp3) is 0.500. The second-order valence-corrected chi connectivity index (χ2v) is 8.39. The smallest absolute Gasteiger partial charge is 0.328 e. The average Bonchev–Trinajstić information content (AvgIpc) is 3.31. The lowest BCUT2D eigenvalue weighted by atomic mass is 9.97. The Kier molecular flexibility index (Phi) is 7.39. The summed E-state index contributed by atoms with van der Waals surface area (Å²) < 4.78 is 10.6. The van der Waals surface area contributed by atoms with E-state index in [4.69, 9.17) is 9.47 Å². The Morgan fingerprint density at radius 2 is 2.12 bits per heavy atom. The number of nitrogens with one attached hydrogen (secondary N) is 2. The summed E-state index contributed by atoms with van der Waals surface area (Å²) in [7, 11) is 0. The first kappa shape index (κ1) is 23.0. The van der Waals surface area contributed by atoms with Crippen molar-refractivity contribution in [3.63, 3.8) is 0 Å². The maximum Gasteiger partial charge on any atom is 0.328 e. The summed E-state index contributed by atoms with van der Waals surface area (Å²) in [6.07, 6.45) is 4.40. The van der Waals surface area contributed by atoms with Crippen molar-refractivity contribution in [2.45, 2.75) is 39.2 Å². The van der Waals surface area contributed by atoms with E-state index in [0.717, 1.165) is 43.7 Å². The number of esters is 1. The number of nitrogens with zero attached hydrogens (tertiary/aromatic N) is 3. The van der Waals surface area contributed by atoms with Crippen molar-refractivity contribution in [3.8, 4) is 5.75 Å². The van der Waals surface area contributed by atoms with Crippen LogP contribution in [0.4, 0.5) is 11.8 Å². The van der Waals surface area contributed by atoms with Gasteiger partial charge in [-0.25, -0.2) is 9.78 Å². The van der Waals surface area contributed by atoms with Gasteiger partial charge in [0.2, 0.25) is 5.95 Å². The number of fused-ring (bicyclic) bond motifs is 1. The molecular weight excluding hydrogens is 422 g/mol. The van der Waals surface area contributed by atoms with Gasteiger partial charge in [0.1, 0.15) is 17.6 Å². The highest BCUT2D eigenvalue weighted by Gasteiger charge is 2.26. The van der Waals surface area contributed by atoms with Crippen LogP contribution in [-0.4, -0.2) is 60.7 Å². The molecule has 3 heterocycles. The van der Waals surface area contributed by atoms with Gasteiger partial charge in [0.05, 0.1) is 13.2 Å². The number of carbonyl (C=O) groups is 2. The maximum atomic E-state index is 13.7. The summed E-state index contributed by atoms with van der Waals surface area (Å²) in [5.41, 5.74) is 1.66. The summed E-state index contributed by atoms with van der Waals surface area (Å²) in [6.45, 7) is 6.85. The molecule has 9 heteroatoms. The van der Waals surface area contributed by atoms with E-state index in [9.17, 15) is 9.59 Å². The summed E-state index contributed by atoms with van der Waals surface area (Å²) in [5, 5.41) is 6.35. The lowest BCUT2D eigenvalue weighted by molar-refractivity contribution is -0.143. The zero-order valence-corrected chi connectivity index (χ0v) is 19.2. The topological polar surface area (TPSA) is 106 Å². The van der Waals surface area contributed by atoms with E-state index >= 15 is 0 Å². The third kappa shape index (κ3) is 5.60. The molecule has 1 unspecified atom stereocenters. The van der Waals surface area contributed by atoms with Crippen LogP contribution < -0.4 is 20.3 Å². The van der Waals surface area contributed by atoms with Crippen molar-refractivity contribution in [3.05, 3.63) is 41.6 Å². The number of piperidine rings is 1. The van der Waals surface area contributed by atoms with Crippen LogP contribution in [0.5, 0.6) is 5.75 Å². The van der Waals surface area contributed by atoms with Crippen molar-refractivity contribution in [1.82, 2.24) is 15.3 Å². The van der Waals surface area contributed by atoms with Gasteiger partial charge in [0.25, 0.3) is 5.91 Å². The summed E-state index contributed by atoms with van der Waals surface area (Å²) in [5.74, 6) is 1.51. The summed E-state index contributed by atoms with van der Waals surface area (Å²) >= 11 is 0. The molecule has 0 saturated carbocycles. The van der Waals surface area contributed by atoms with Gasteiger partial charge >= 0.3 is 5.97 Å². The first-order valence-electron chi connectivity index (χ1n) is 11.6. The molecule has 1 amide bonds. The number of hydrogen-bond acceptors (Lipinski definition) is 8. The quantitative estimate of drug-likeness (QED) is 0.587. The lowest BCUT2D eigenvalue weighted by Gasteiger charge is -2.30. The molecule has 1 aromatic heterocycles. The van der Waals surface area contributed by atoms with Crippen molar-refractivity contribution < 1.29 is 19.1 Å². The molecule has 1 saturated heterocycles. The molecule has 2 N–H and O–H groups in total. The molecule has 0 spiro atoms. The monoisotopic (exact) mass is 453 g/mol. The summed E-state index contributed by atoms with van der Waals surface area (Å²) in [6, 6.07) is 6.72. The Hall–Kier alpha value is -3.20. The maximum absolute atomic E-state index is 13.7. The largest absolute Gasteiger partial charge is 0.493 e. The molecule has 0 radical (unpaired) electrons. The van der Waals surface area contributed by atoms with Gasteiger partial charge < -0.3 is 20.1 Å². The minimum absolute atomic E-state index is 0.105. The van der Waals surface area contributed by atoms with E-state index < -0.39 is 6.04 Å². The molecule has 0 bridgehead atoms. The summed E-state index contributed by atoms with van der Waals surface area (Å²) in [4.78, 5) is 36.2. The standard InChI is InChI=1S/C24H31N5O4/c1-3-32-23(31)16(2)27-24-26-12-8-21(28-24)29(15-17-6-10-25-11-7-17)22(30)19-4-5-20-18(14-19)9-13-33-20/h4-5,8,12,14,16-17,25H,3,6-7,9-11,13,15H2,1-2H3,(H,26,27,28). The second kappa shape index (κ2) is 10.6. The number of ether oxygens (including phenoxy) is 2. The zero-order chi connectivity index (χ0) is 23.2. The molecule has 9 nitrogen and oxygen atoms in total. The molecule has 33 heavy (non-hydrogen) atoms. The molecule has 2 aliphatic heterocycles. The van der Waals surface area contributed by atoms with Crippen LogP contribution in [0.25, 0.3) is 0 Å². The molecule has 2 aromatic rings. The molecule has 1 fully saturated rings. The molecule has 176 valence electrons. The number of rotatable bonds is 8. The number of carbonyl (C=O) groups excluding carboxylic acids is 2. The van der Waals surface area contributed by atoms with Crippen LogP contribution in [0, 0.1) is 5.92 Å². The number of benzene rings is 1. The van der Waals surface area contributed by atoms with E-state index in [2.05, 4.69) is 20.6 Å². The fourth-order valence-corrected chi connectivity index (χ4v) is 4.17. The molecule has 0 aliphatic carbocycles. The normalized spacial score (nSPS) is 16.4. The Labute approximate surface area is 193 Å². The molecule has 1 aromatic carbocycles. The first-order chi connectivity index (χ1) is 16.0. The molecule has 2 aliphatic rings. The van der Waals surface area contributed by atoms with Gasteiger partial charge in [0.15, 0.2) is 0 Å². The van der Waals surface area contributed by atoms with Crippen molar-refractivity contribution in [2.24, 2.45) is 5.92 Å². The third-order valence-corrected chi connectivity index (χ3v) is 5.98. The van der Waals surface area contributed by atoms with Crippen LogP contribution in [-0.2, 0) is 16.0 Å². The minimum atomic E-state index is -0.606. The number of anilines is 2. The highest BCUT2D eigenvalue weighted by molar-refractivity contribution is 6.06. The fourth-order valence-electron chi connectivity index (χ4n) is 4.17. The number of amides is 1. The van der Waals surface area contributed by atoms with Crippen LogP contribution >= 0.6 is 0 Å². The van der Waals surface area contributed by atoms with Crippen LogP contribution in [0.1, 0.15) is 42.6 Å². The first-order valence-corrected chi connectivity index (χ1v) is 11.6. The second-order valence-electron chi connectivity index (χ2n) is 8.39. The molecule has 4 rings (SSSR count). The predicted molar refractivity (Wildman–Crippen MR) is 125 cm³/mol. The highest BCUT2D eigenvalue weighted by atomic mass is 16.5. The predicted octanol–water partition coefficient (Wildman–Crippen LogP) is 2.42. The van der Waals surface area contributed by atoms with Crippen molar-refractivity contribution in [1.29, 1.82) is 0 Å². The van der Waals surface area contributed by atoms with Crippen LogP contribution in [0.15, 0.2) is 30.5 Å². The van der Waals surface area contributed by atoms with E-state index in [0.29, 0.717) is 37.1 Å². The van der Waals surface area contributed by atoms with E-state index in [1.54, 1.807) is 31.0 Å². The van der Waals surface area contributed by atoms with Crippen LogP contribution in [0.2, 0.25) is 0 Å². The molecular formula is C24H31N5O4. The van der Waals surface area contributed by atoms with Crippen LogP contribution in [0.3, 0.4) is 0 Å². The van der Waals surface area contributed by atoms with Gasteiger partial charge in [0, 0.05) is 24.7 Å². The van der Waals surface area contributed by atoms with Crippen molar-refractivity contribution in [2.75, 3.05) is 43.1 Å². The van der Waals surface area contributed by atoms with Gasteiger partial charge in [-0.05, 0) is 75.5 Å². The number of hydrogen-bond donors (Lipinski definition) is 2. The third-order valence-electron chi connectivity index (χ3n) is 5.98. The lowest BCUT2D eigenvalue weighted by Crippen LogP contribution is -2.40. The van der Waals surface area contributed by atoms with E-state index in [-0.39, 0.29) is 17.8 Å². The Morgan fingerprint density at radius 3 is 2.91 bits per heavy atom.